The van der Waals surface area contributed by atoms with Crippen LogP contribution in [0.3, 0.4) is 0 Å². The highest BCUT2D eigenvalue weighted by Gasteiger charge is 2.20. The molecule has 1 aliphatic rings. The molecule has 1 unspecified atom stereocenters. The van der Waals surface area contributed by atoms with E-state index in [0.29, 0.717) is 21.8 Å². The summed E-state index contributed by atoms with van der Waals surface area (Å²) in [5.41, 5.74) is 0.498. The maximum atomic E-state index is 10.6. The van der Waals surface area contributed by atoms with Crippen molar-refractivity contribution in [3.8, 4) is 0 Å². The third kappa shape index (κ3) is 2.97. The smallest absolute Gasteiger partial charge is 0.272 e. The van der Waals surface area contributed by atoms with E-state index in [0.717, 1.165) is 17.9 Å². The minimum absolute atomic E-state index is 0.0913. The van der Waals surface area contributed by atoms with Gasteiger partial charge < -0.3 is 5.32 Å². The lowest BCUT2D eigenvalue weighted by molar-refractivity contribution is -0.384. The first-order valence-corrected chi connectivity index (χ1v) is 6.96. The van der Waals surface area contributed by atoms with Gasteiger partial charge in [-0.2, -0.15) is 11.8 Å². The van der Waals surface area contributed by atoms with Gasteiger partial charge in [-0.15, -0.1) is 0 Å². The molecule has 0 radical (unpaired) electrons. The lowest BCUT2D eigenvalue weighted by Crippen LogP contribution is -2.18. The molecule has 1 heterocycles. The van der Waals surface area contributed by atoms with E-state index in [4.69, 9.17) is 23.2 Å². The second-order valence-electron chi connectivity index (χ2n) is 3.75. The van der Waals surface area contributed by atoms with Gasteiger partial charge in [0.1, 0.15) is 0 Å². The van der Waals surface area contributed by atoms with Gasteiger partial charge in [0, 0.05) is 23.9 Å². The normalized spacial score (nSPS) is 19.3. The van der Waals surface area contributed by atoms with Crippen molar-refractivity contribution in [1.82, 2.24) is 0 Å². The number of nitro groups is 1. The van der Waals surface area contributed by atoms with E-state index < -0.39 is 4.92 Å². The molecule has 1 atom stereocenters. The predicted molar refractivity (Wildman–Crippen MR) is 72.5 cm³/mol. The van der Waals surface area contributed by atoms with Crippen molar-refractivity contribution < 1.29 is 4.92 Å². The Bertz CT molecular complexity index is 427. The van der Waals surface area contributed by atoms with Crippen LogP contribution in [0.25, 0.3) is 0 Å². The fourth-order valence-corrected chi connectivity index (χ4v) is 3.39. The molecule has 2 rings (SSSR count). The van der Waals surface area contributed by atoms with Gasteiger partial charge in [-0.1, -0.05) is 23.2 Å². The molecular weight excluding hydrogens is 283 g/mol. The summed E-state index contributed by atoms with van der Waals surface area (Å²) in [5, 5.41) is 14.4. The first-order chi connectivity index (χ1) is 8.08. The van der Waals surface area contributed by atoms with Crippen LogP contribution in [0.15, 0.2) is 12.1 Å². The van der Waals surface area contributed by atoms with Crippen LogP contribution >= 0.6 is 35.0 Å². The van der Waals surface area contributed by atoms with Gasteiger partial charge in [0.05, 0.1) is 20.7 Å². The van der Waals surface area contributed by atoms with Crippen LogP contribution < -0.4 is 5.32 Å². The van der Waals surface area contributed by atoms with Gasteiger partial charge in [-0.3, -0.25) is 10.1 Å². The Kier molecular flexibility index (Phi) is 4.01. The molecule has 4 nitrogen and oxygen atoms in total. The number of hydrogen-bond acceptors (Lipinski definition) is 4. The summed E-state index contributed by atoms with van der Waals surface area (Å²) in [6, 6.07) is 2.96. The van der Waals surface area contributed by atoms with E-state index in [1.54, 1.807) is 0 Å². The van der Waals surface area contributed by atoms with E-state index in [2.05, 4.69) is 5.32 Å². The number of hydrogen-bond donors (Lipinski definition) is 1. The Hall–Kier alpha value is -0.650. The average molecular weight is 293 g/mol. The van der Waals surface area contributed by atoms with Gasteiger partial charge in [0.15, 0.2) is 0 Å². The number of nitro benzene ring substituents is 1. The van der Waals surface area contributed by atoms with Gasteiger partial charge in [0.25, 0.3) is 5.69 Å². The number of nitrogens with one attached hydrogen (secondary N) is 1. The second kappa shape index (κ2) is 5.33. The zero-order chi connectivity index (χ0) is 12.4. The molecule has 7 heteroatoms. The number of halogens is 2. The largest absolute Gasteiger partial charge is 0.379 e. The standard InChI is InChI=1S/C10H10Cl2N2O2S/c11-8-3-7(14(15)16)4-9(12)10(8)13-6-1-2-17-5-6/h3-4,6,13H,1-2,5H2. The number of nitrogens with zero attached hydrogens (tertiary/aromatic N) is 1. The zero-order valence-corrected chi connectivity index (χ0v) is 11.1. The van der Waals surface area contributed by atoms with Gasteiger partial charge in [-0.25, -0.2) is 0 Å². The molecule has 0 aliphatic carbocycles. The van der Waals surface area contributed by atoms with Gasteiger partial charge >= 0.3 is 0 Å². The number of anilines is 1. The topological polar surface area (TPSA) is 55.2 Å². The van der Waals surface area contributed by atoms with Crippen molar-refractivity contribution in [3.05, 3.63) is 32.3 Å². The fraction of sp³-hybridized carbons (Fsp3) is 0.400. The lowest BCUT2D eigenvalue weighted by atomic mass is 10.2. The molecule has 17 heavy (non-hydrogen) atoms. The summed E-state index contributed by atoms with van der Waals surface area (Å²) in [6.07, 6.45) is 1.05. The third-order valence-electron chi connectivity index (χ3n) is 2.52. The molecule has 1 aromatic rings. The summed E-state index contributed by atoms with van der Waals surface area (Å²) in [6.45, 7) is 0. The molecule has 1 aliphatic heterocycles. The Labute approximate surface area is 113 Å². The van der Waals surface area contributed by atoms with Crippen LogP contribution in [0, 0.1) is 10.1 Å². The average Bonchev–Trinajstić information content (AvgIpc) is 2.75. The van der Waals surface area contributed by atoms with E-state index in [1.165, 1.54) is 12.1 Å². The van der Waals surface area contributed by atoms with E-state index in [-0.39, 0.29) is 5.69 Å². The first-order valence-electron chi connectivity index (χ1n) is 5.05. The summed E-state index contributed by atoms with van der Waals surface area (Å²) in [7, 11) is 0. The minimum atomic E-state index is -0.507. The van der Waals surface area contributed by atoms with Crippen molar-refractivity contribution in [1.29, 1.82) is 0 Å². The first kappa shape index (κ1) is 12.8. The Morgan fingerprint density at radius 3 is 2.53 bits per heavy atom. The zero-order valence-electron chi connectivity index (χ0n) is 8.78. The Balaban J connectivity index is 2.24. The molecule has 0 amide bonds. The van der Waals surface area contributed by atoms with Crippen molar-refractivity contribution in [2.45, 2.75) is 12.5 Å². The Morgan fingerprint density at radius 1 is 1.41 bits per heavy atom. The summed E-state index contributed by atoms with van der Waals surface area (Å²) >= 11 is 13.9. The van der Waals surface area contributed by atoms with E-state index >= 15 is 0 Å². The van der Waals surface area contributed by atoms with Crippen LogP contribution in [0.2, 0.25) is 10.0 Å². The maximum absolute atomic E-state index is 10.6. The van der Waals surface area contributed by atoms with Crippen molar-refractivity contribution in [3.63, 3.8) is 0 Å². The molecule has 1 saturated heterocycles. The maximum Gasteiger partial charge on any atom is 0.272 e. The highest BCUT2D eigenvalue weighted by Crippen LogP contribution is 2.36. The minimum Gasteiger partial charge on any atom is -0.379 e. The van der Waals surface area contributed by atoms with Gasteiger partial charge in [-0.05, 0) is 12.2 Å². The SMILES string of the molecule is O=[N+]([O-])c1cc(Cl)c(NC2CCSC2)c(Cl)c1. The van der Waals surface area contributed by atoms with Crippen molar-refractivity contribution >= 4 is 46.3 Å². The Morgan fingerprint density at radius 2 is 2.06 bits per heavy atom. The molecule has 1 aromatic carbocycles. The summed E-state index contributed by atoms with van der Waals surface area (Å²) in [4.78, 5) is 10.1. The number of non-ortho nitro benzene ring substituents is 1. The van der Waals surface area contributed by atoms with Crippen molar-refractivity contribution in [2.24, 2.45) is 0 Å². The van der Waals surface area contributed by atoms with Crippen LogP contribution in [-0.2, 0) is 0 Å². The second-order valence-corrected chi connectivity index (χ2v) is 5.71. The van der Waals surface area contributed by atoms with Crippen LogP contribution in [0.4, 0.5) is 11.4 Å². The molecule has 92 valence electrons. The van der Waals surface area contributed by atoms with Crippen LogP contribution in [-0.4, -0.2) is 22.5 Å². The predicted octanol–water partition coefficient (Wildman–Crippen LogP) is 3.82. The summed E-state index contributed by atoms with van der Waals surface area (Å²) < 4.78 is 0. The highest BCUT2D eigenvalue weighted by molar-refractivity contribution is 7.99. The van der Waals surface area contributed by atoms with E-state index in [9.17, 15) is 10.1 Å². The third-order valence-corrected chi connectivity index (χ3v) is 4.27. The summed E-state index contributed by atoms with van der Waals surface area (Å²) in [5.74, 6) is 2.11. The van der Waals surface area contributed by atoms with Gasteiger partial charge in [0.2, 0.25) is 0 Å². The van der Waals surface area contributed by atoms with Crippen LogP contribution in [0.1, 0.15) is 6.42 Å². The monoisotopic (exact) mass is 292 g/mol. The molecule has 0 aromatic heterocycles. The molecule has 0 saturated carbocycles. The fourth-order valence-electron chi connectivity index (χ4n) is 1.66. The van der Waals surface area contributed by atoms with Crippen LogP contribution in [0.5, 0.6) is 0 Å². The molecule has 1 fully saturated rings. The molecular formula is C10H10Cl2N2O2S. The molecule has 0 spiro atoms. The number of rotatable bonds is 3. The quantitative estimate of drug-likeness (QED) is 0.680. The highest BCUT2D eigenvalue weighted by atomic mass is 35.5. The molecule has 0 bridgehead atoms. The number of benzene rings is 1. The number of thioether (sulfide) groups is 1. The van der Waals surface area contributed by atoms with Crippen molar-refractivity contribution in [2.75, 3.05) is 16.8 Å². The van der Waals surface area contributed by atoms with E-state index in [1.807, 2.05) is 11.8 Å². The molecule has 1 N–H and O–H groups in total. The lowest BCUT2D eigenvalue weighted by Gasteiger charge is -2.15.